The SMILES string of the molecule is CCC1(COc2ccc(Cc3cc([C@]4(OC)O[C@H](CO)[C@@H](O)[C@H](O)[C@H]4O)ccc3Cl)cc2)CCCCC1. The van der Waals surface area contributed by atoms with E-state index in [1.165, 1.54) is 39.2 Å². The maximum Gasteiger partial charge on any atom is 0.224 e. The summed E-state index contributed by atoms with van der Waals surface area (Å²) in [4.78, 5) is 0. The molecule has 0 amide bonds. The first-order valence-electron chi connectivity index (χ1n) is 13.2. The van der Waals surface area contributed by atoms with E-state index in [1.54, 1.807) is 18.2 Å². The van der Waals surface area contributed by atoms with Crippen molar-refractivity contribution in [1.82, 2.24) is 0 Å². The highest BCUT2D eigenvalue weighted by Crippen LogP contribution is 2.41. The normalized spacial score (nSPS) is 29.7. The predicted octanol–water partition coefficient (Wildman–Crippen LogP) is 3.94. The lowest BCUT2D eigenvalue weighted by atomic mass is 9.73. The highest BCUT2D eigenvalue weighted by Gasteiger charge is 2.55. The van der Waals surface area contributed by atoms with Gasteiger partial charge in [-0.05, 0) is 61.1 Å². The summed E-state index contributed by atoms with van der Waals surface area (Å²) in [6.45, 7) is 2.45. The molecule has 0 spiro atoms. The number of ether oxygens (including phenoxy) is 3. The summed E-state index contributed by atoms with van der Waals surface area (Å²) in [6.07, 6.45) is 2.24. The van der Waals surface area contributed by atoms with E-state index in [-0.39, 0.29) is 5.41 Å². The van der Waals surface area contributed by atoms with E-state index in [2.05, 4.69) is 6.92 Å². The average molecular weight is 535 g/mol. The molecule has 2 fully saturated rings. The summed E-state index contributed by atoms with van der Waals surface area (Å²) >= 11 is 6.52. The van der Waals surface area contributed by atoms with E-state index in [9.17, 15) is 20.4 Å². The van der Waals surface area contributed by atoms with Crippen molar-refractivity contribution in [2.24, 2.45) is 5.41 Å². The molecule has 1 heterocycles. The molecule has 5 atom stereocenters. The molecule has 4 rings (SSSR count). The number of hydrogen-bond acceptors (Lipinski definition) is 7. The molecule has 2 aromatic rings. The number of halogens is 1. The van der Waals surface area contributed by atoms with E-state index in [1.807, 2.05) is 24.3 Å². The molecule has 1 saturated heterocycles. The summed E-state index contributed by atoms with van der Waals surface area (Å²) in [5.41, 5.74) is 2.50. The zero-order valence-corrected chi connectivity index (χ0v) is 22.4. The molecule has 0 radical (unpaired) electrons. The Morgan fingerprint density at radius 1 is 1.00 bits per heavy atom. The third kappa shape index (κ3) is 5.83. The Labute approximate surface area is 224 Å². The Morgan fingerprint density at radius 2 is 1.70 bits per heavy atom. The fourth-order valence-corrected chi connectivity index (χ4v) is 5.84. The Hall–Kier alpha value is -1.71. The molecular formula is C29H39ClO7. The van der Waals surface area contributed by atoms with Gasteiger partial charge in [-0.3, -0.25) is 0 Å². The van der Waals surface area contributed by atoms with Crippen molar-refractivity contribution in [2.45, 2.75) is 82.1 Å². The van der Waals surface area contributed by atoms with Crippen LogP contribution in [0.1, 0.15) is 62.1 Å². The van der Waals surface area contributed by atoms with E-state index in [0.717, 1.165) is 29.9 Å². The molecule has 204 valence electrons. The van der Waals surface area contributed by atoms with Gasteiger partial charge >= 0.3 is 0 Å². The van der Waals surface area contributed by atoms with E-state index >= 15 is 0 Å². The largest absolute Gasteiger partial charge is 0.493 e. The van der Waals surface area contributed by atoms with Crippen LogP contribution in [0.5, 0.6) is 5.75 Å². The van der Waals surface area contributed by atoms with Crippen LogP contribution in [-0.4, -0.2) is 65.2 Å². The third-order valence-corrected chi connectivity index (χ3v) is 8.60. The predicted molar refractivity (Wildman–Crippen MR) is 141 cm³/mol. The minimum absolute atomic E-state index is 0.284. The first kappa shape index (κ1) is 28.3. The van der Waals surface area contributed by atoms with Gasteiger partial charge in [0.2, 0.25) is 5.79 Å². The standard InChI is InChI=1S/C29H39ClO7/c1-3-28(13-5-4-6-14-28)18-36-22-10-7-19(8-11-22)15-20-16-21(9-12-23(20)30)29(35-2)27(34)26(33)25(32)24(17-31)37-29/h7-12,16,24-27,31-34H,3-6,13-15,17-18H2,1-2H3/t24-,25-,26+,27-,29+/m1/s1. The molecule has 8 heteroatoms. The molecule has 0 unspecified atom stereocenters. The Kier molecular flexibility index (Phi) is 9.17. The van der Waals surface area contributed by atoms with Crippen molar-refractivity contribution >= 4 is 11.6 Å². The Morgan fingerprint density at radius 3 is 2.32 bits per heavy atom. The minimum Gasteiger partial charge on any atom is -0.493 e. The van der Waals surface area contributed by atoms with E-state index in [4.69, 9.17) is 25.8 Å². The molecule has 2 aromatic carbocycles. The highest BCUT2D eigenvalue weighted by atomic mass is 35.5. The number of hydrogen-bond donors (Lipinski definition) is 4. The molecular weight excluding hydrogens is 496 g/mol. The second kappa shape index (κ2) is 12.0. The maximum atomic E-state index is 10.8. The second-order valence-electron chi connectivity index (χ2n) is 10.5. The summed E-state index contributed by atoms with van der Waals surface area (Å²) in [5, 5.41) is 41.5. The second-order valence-corrected chi connectivity index (χ2v) is 10.9. The van der Waals surface area contributed by atoms with Crippen LogP contribution >= 0.6 is 11.6 Å². The van der Waals surface area contributed by atoms with Gasteiger partial charge in [0, 0.05) is 23.1 Å². The first-order chi connectivity index (χ1) is 17.8. The van der Waals surface area contributed by atoms with Gasteiger partial charge in [0.15, 0.2) is 0 Å². The lowest BCUT2D eigenvalue weighted by Gasteiger charge is -2.47. The lowest BCUT2D eigenvalue weighted by Crippen LogP contribution is -2.64. The first-order valence-corrected chi connectivity index (χ1v) is 13.5. The van der Waals surface area contributed by atoms with Gasteiger partial charge in [0.1, 0.15) is 30.2 Å². The van der Waals surface area contributed by atoms with Crippen LogP contribution in [0.4, 0.5) is 0 Å². The van der Waals surface area contributed by atoms with Crippen LogP contribution in [0.2, 0.25) is 5.02 Å². The van der Waals surface area contributed by atoms with Crippen LogP contribution < -0.4 is 4.74 Å². The van der Waals surface area contributed by atoms with E-state index in [0.29, 0.717) is 17.0 Å². The number of rotatable bonds is 9. The summed E-state index contributed by atoms with van der Waals surface area (Å²) in [5.74, 6) is -0.932. The monoisotopic (exact) mass is 534 g/mol. The smallest absolute Gasteiger partial charge is 0.224 e. The van der Waals surface area contributed by atoms with Crippen molar-refractivity contribution in [3.05, 3.63) is 64.2 Å². The van der Waals surface area contributed by atoms with Crippen molar-refractivity contribution in [1.29, 1.82) is 0 Å². The highest BCUT2D eigenvalue weighted by molar-refractivity contribution is 6.31. The van der Waals surface area contributed by atoms with Crippen molar-refractivity contribution in [2.75, 3.05) is 20.3 Å². The molecule has 4 N–H and O–H groups in total. The number of methoxy groups -OCH3 is 1. The zero-order valence-electron chi connectivity index (χ0n) is 21.6. The van der Waals surface area contributed by atoms with Gasteiger partial charge in [-0.2, -0.15) is 0 Å². The molecule has 0 bridgehead atoms. The molecule has 1 saturated carbocycles. The van der Waals surface area contributed by atoms with Gasteiger partial charge in [-0.25, -0.2) is 0 Å². The van der Waals surface area contributed by atoms with E-state index < -0.39 is 36.8 Å². The quantitative estimate of drug-likeness (QED) is 0.386. The van der Waals surface area contributed by atoms with Gasteiger partial charge in [0.25, 0.3) is 0 Å². The average Bonchev–Trinajstić information content (AvgIpc) is 2.93. The topological polar surface area (TPSA) is 109 Å². The van der Waals surface area contributed by atoms with Crippen LogP contribution in [0, 0.1) is 5.41 Å². The van der Waals surface area contributed by atoms with Gasteiger partial charge in [-0.1, -0.05) is 56.0 Å². The molecule has 1 aliphatic heterocycles. The molecule has 7 nitrogen and oxygen atoms in total. The molecule has 2 aliphatic rings. The van der Waals surface area contributed by atoms with Crippen LogP contribution in [-0.2, 0) is 21.7 Å². The van der Waals surface area contributed by atoms with Gasteiger partial charge < -0.3 is 34.6 Å². The Balaban J connectivity index is 1.50. The maximum absolute atomic E-state index is 10.8. The number of aliphatic hydroxyl groups excluding tert-OH is 4. The fourth-order valence-electron chi connectivity index (χ4n) is 5.66. The number of aliphatic hydroxyl groups is 4. The van der Waals surface area contributed by atoms with Crippen LogP contribution in [0.15, 0.2) is 42.5 Å². The Bertz CT molecular complexity index is 1020. The zero-order chi connectivity index (χ0) is 26.6. The summed E-state index contributed by atoms with van der Waals surface area (Å²) < 4.78 is 17.6. The number of benzene rings is 2. The van der Waals surface area contributed by atoms with Crippen molar-refractivity contribution in [3.8, 4) is 5.75 Å². The van der Waals surface area contributed by atoms with Gasteiger partial charge in [0.05, 0.1) is 13.2 Å². The van der Waals surface area contributed by atoms with Crippen molar-refractivity contribution < 1.29 is 34.6 Å². The molecule has 37 heavy (non-hydrogen) atoms. The minimum atomic E-state index is -1.78. The summed E-state index contributed by atoms with van der Waals surface area (Å²) in [6, 6.07) is 13.1. The summed E-state index contributed by atoms with van der Waals surface area (Å²) in [7, 11) is 1.34. The lowest BCUT2D eigenvalue weighted by molar-refractivity contribution is -0.366. The van der Waals surface area contributed by atoms with Crippen LogP contribution in [0.3, 0.4) is 0 Å². The van der Waals surface area contributed by atoms with Gasteiger partial charge in [-0.15, -0.1) is 0 Å². The molecule has 0 aromatic heterocycles. The fraction of sp³-hybridized carbons (Fsp3) is 0.586. The molecule has 1 aliphatic carbocycles. The third-order valence-electron chi connectivity index (χ3n) is 8.23. The van der Waals surface area contributed by atoms with Crippen LogP contribution in [0.25, 0.3) is 0 Å². The van der Waals surface area contributed by atoms with Crippen molar-refractivity contribution in [3.63, 3.8) is 0 Å².